The van der Waals surface area contributed by atoms with Crippen molar-refractivity contribution in [1.82, 2.24) is 9.66 Å². The van der Waals surface area contributed by atoms with E-state index in [2.05, 4.69) is 10.1 Å². The van der Waals surface area contributed by atoms with E-state index in [-0.39, 0.29) is 10.9 Å². The molecule has 3 aromatic rings. The molecular formula is C16H11ClF3N3O2S. The number of hydrogen-bond acceptors (Lipinski definition) is 5. The minimum atomic E-state index is -4.60. The number of alkyl halides is 3. The van der Waals surface area contributed by atoms with Gasteiger partial charge in [0.25, 0.3) is 5.56 Å². The van der Waals surface area contributed by atoms with Crippen LogP contribution in [0.3, 0.4) is 0 Å². The summed E-state index contributed by atoms with van der Waals surface area (Å²) >= 11 is 6.82. The SMILES string of the molecule is CCO/C=N/n1cnc2scc(-c3ccc(Cl)c(C(F)(F)F)c3)c2c1=O. The lowest BCUT2D eigenvalue weighted by Crippen LogP contribution is -2.17. The van der Waals surface area contributed by atoms with Crippen LogP contribution in [0.4, 0.5) is 13.2 Å². The third-order valence-corrected chi connectivity index (χ3v) is 4.69. The van der Waals surface area contributed by atoms with E-state index in [0.29, 0.717) is 17.0 Å². The maximum atomic E-state index is 13.1. The molecule has 0 fully saturated rings. The van der Waals surface area contributed by atoms with E-state index >= 15 is 0 Å². The highest BCUT2D eigenvalue weighted by Gasteiger charge is 2.33. The number of thiophene rings is 1. The van der Waals surface area contributed by atoms with Gasteiger partial charge in [-0.25, -0.2) is 4.98 Å². The van der Waals surface area contributed by atoms with Crippen LogP contribution in [-0.4, -0.2) is 22.7 Å². The van der Waals surface area contributed by atoms with Gasteiger partial charge in [-0.2, -0.15) is 17.8 Å². The Morgan fingerprint density at radius 2 is 2.19 bits per heavy atom. The van der Waals surface area contributed by atoms with Crippen molar-refractivity contribution in [3.05, 3.63) is 50.8 Å². The average molecular weight is 402 g/mol. The minimum absolute atomic E-state index is 0.182. The van der Waals surface area contributed by atoms with Crippen molar-refractivity contribution >= 4 is 39.6 Å². The van der Waals surface area contributed by atoms with Gasteiger partial charge < -0.3 is 4.74 Å². The van der Waals surface area contributed by atoms with Gasteiger partial charge in [0.15, 0.2) is 6.40 Å². The van der Waals surface area contributed by atoms with Gasteiger partial charge in [0, 0.05) is 10.9 Å². The summed E-state index contributed by atoms with van der Waals surface area (Å²) in [7, 11) is 0. The second kappa shape index (κ2) is 7.08. The molecule has 0 radical (unpaired) electrons. The first-order valence-electron chi connectivity index (χ1n) is 7.33. The van der Waals surface area contributed by atoms with Gasteiger partial charge in [-0.05, 0) is 24.6 Å². The molecule has 0 aliphatic heterocycles. The molecule has 10 heteroatoms. The standard InChI is InChI=1S/C16H11ClF3N3O2S/c1-2-25-8-22-23-7-21-14-13(15(23)24)10(6-26-14)9-3-4-12(17)11(5-9)16(18,19)20/h3-8H,2H2,1H3/b22-8+. The molecule has 26 heavy (non-hydrogen) atoms. The predicted molar refractivity (Wildman–Crippen MR) is 94.8 cm³/mol. The summed E-state index contributed by atoms with van der Waals surface area (Å²) in [5.41, 5.74) is -0.913. The number of benzene rings is 1. The van der Waals surface area contributed by atoms with E-state index in [1.807, 2.05) is 0 Å². The Kier molecular flexibility index (Phi) is 5.01. The lowest BCUT2D eigenvalue weighted by molar-refractivity contribution is -0.137. The number of rotatable bonds is 4. The number of ether oxygens (including phenoxy) is 1. The molecule has 2 aromatic heterocycles. The van der Waals surface area contributed by atoms with Crippen LogP contribution in [0.1, 0.15) is 12.5 Å². The predicted octanol–water partition coefficient (Wildman–Crippen LogP) is 4.63. The Hall–Kier alpha value is -2.39. The third-order valence-electron chi connectivity index (χ3n) is 3.47. The molecule has 0 aliphatic rings. The third kappa shape index (κ3) is 3.45. The van der Waals surface area contributed by atoms with Crippen LogP contribution in [-0.2, 0) is 10.9 Å². The zero-order chi connectivity index (χ0) is 18.9. The molecule has 0 saturated heterocycles. The molecule has 1 aromatic carbocycles. The fraction of sp³-hybridized carbons (Fsp3) is 0.188. The summed E-state index contributed by atoms with van der Waals surface area (Å²) < 4.78 is 45.2. The molecule has 5 nitrogen and oxygen atoms in total. The summed E-state index contributed by atoms with van der Waals surface area (Å²) in [5.74, 6) is 0. The Labute approximate surface area is 154 Å². The molecule has 0 spiro atoms. The van der Waals surface area contributed by atoms with Crippen molar-refractivity contribution in [3.8, 4) is 11.1 Å². The first-order valence-corrected chi connectivity index (χ1v) is 8.59. The van der Waals surface area contributed by atoms with Crippen molar-refractivity contribution in [2.45, 2.75) is 13.1 Å². The second-order valence-electron chi connectivity index (χ2n) is 5.09. The highest BCUT2D eigenvalue weighted by atomic mass is 35.5. The summed E-state index contributed by atoms with van der Waals surface area (Å²) in [6.07, 6.45) is -2.27. The molecule has 2 heterocycles. The largest absolute Gasteiger partial charge is 0.482 e. The Morgan fingerprint density at radius 3 is 2.88 bits per heavy atom. The van der Waals surface area contributed by atoms with Gasteiger partial charge in [-0.15, -0.1) is 16.4 Å². The minimum Gasteiger partial charge on any atom is -0.482 e. The highest BCUT2D eigenvalue weighted by molar-refractivity contribution is 7.17. The van der Waals surface area contributed by atoms with Crippen LogP contribution in [0.5, 0.6) is 0 Å². The van der Waals surface area contributed by atoms with Gasteiger partial charge >= 0.3 is 6.18 Å². The first-order chi connectivity index (χ1) is 12.3. The van der Waals surface area contributed by atoms with Crippen molar-refractivity contribution in [3.63, 3.8) is 0 Å². The van der Waals surface area contributed by atoms with Crippen LogP contribution < -0.4 is 5.56 Å². The summed E-state index contributed by atoms with van der Waals surface area (Å²) in [4.78, 5) is 17.2. The maximum Gasteiger partial charge on any atom is 0.417 e. The van der Waals surface area contributed by atoms with Crippen LogP contribution >= 0.6 is 22.9 Å². The molecule has 0 bridgehead atoms. The van der Waals surface area contributed by atoms with Crippen molar-refractivity contribution in [2.75, 3.05) is 6.61 Å². The average Bonchev–Trinajstić information content (AvgIpc) is 3.01. The smallest absolute Gasteiger partial charge is 0.417 e. The molecule has 3 rings (SSSR count). The number of halogens is 4. The van der Waals surface area contributed by atoms with Crippen LogP contribution in [0.2, 0.25) is 5.02 Å². The molecule has 0 amide bonds. The number of fused-ring (bicyclic) bond motifs is 1. The van der Waals surface area contributed by atoms with Gasteiger partial charge in [0.05, 0.1) is 22.6 Å². The number of nitrogens with zero attached hydrogens (tertiary/aromatic N) is 3. The molecule has 0 unspecified atom stereocenters. The van der Waals surface area contributed by atoms with Crippen molar-refractivity contribution < 1.29 is 17.9 Å². The van der Waals surface area contributed by atoms with Gasteiger partial charge in [-0.1, -0.05) is 17.7 Å². The first kappa shape index (κ1) is 18.4. The van der Waals surface area contributed by atoms with E-state index in [4.69, 9.17) is 16.3 Å². The van der Waals surface area contributed by atoms with Gasteiger partial charge in [-0.3, -0.25) is 4.79 Å². The normalized spacial score (nSPS) is 12.2. The van der Waals surface area contributed by atoms with Crippen molar-refractivity contribution in [1.29, 1.82) is 0 Å². The van der Waals surface area contributed by atoms with Crippen LogP contribution in [0.15, 0.2) is 39.8 Å². The molecule has 0 N–H and O–H groups in total. The molecular weight excluding hydrogens is 391 g/mol. The van der Waals surface area contributed by atoms with Crippen LogP contribution in [0.25, 0.3) is 21.3 Å². The monoisotopic (exact) mass is 401 g/mol. The molecule has 0 atom stereocenters. The van der Waals surface area contributed by atoms with E-state index in [9.17, 15) is 18.0 Å². The molecule has 136 valence electrons. The van der Waals surface area contributed by atoms with Gasteiger partial charge in [0.1, 0.15) is 11.2 Å². The Morgan fingerprint density at radius 1 is 1.42 bits per heavy atom. The van der Waals surface area contributed by atoms with E-state index in [1.54, 1.807) is 12.3 Å². The quantitative estimate of drug-likeness (QED) is 0.473. The number of aromatic nitrogens is 2. The van der Waals surface area contributed by atoms with E-state index in [0.717, 1.165) is 34.5 Å². The van der Waals surface area contributed by atoms with E-state index in [1.165, 1.54) is 12.4 Å². The lowest BCUT2D eigenvalue weighted by atomic mass is 10.0. The summed E-state index contributed by atoms with van der Waals surface area (Å²) in [6, 6.07) is 3.51. The topological polar surface area (TPSA) is 56.5 Å². The highest BCUT2D eigenvalue weighted by Crippen LogP contribution is 2.39. The number of hydrogen-bond donors (Lipinski definition) is 0. The summed E-state index contributed by atoms with van der Waals surface area (Å²) in [5, 5.41) is 5.19. The zero-order valence-electron chi connectivity index (χ0n) is 13.2. The Balaban J connectivity index is 2.18. The van der Waals surface area contributed by atoms with Gasteiger partial charge in [0.2, 0.25) is 0 Å². The zero-order valence-corrected chi connectivity index (χ0v) is 14.8. The fourth-order valence-corrected chi connectivity index (χ4v) is 3.42. The molecule has 0 saturated carbocycles. The lowest BCUT2D eigenvalue weighted by Gasteiger charge is -2.10. The molecule has 0 aliphatic carbocycles. The Bertz CT molecular complexity index is 1040. The summed E-state index contributed by atoms with van der Waals surface area (Å²) in [6.45, 7) is 2.13. The maximum absolute atomic E-state index is 13.1. The van der Waals surface area contributed by atoms with Crippen molar-refractivity contribution in [2.24, 2.45) is 5.10 Å². The fourth-order valence-electron chi connectivity index (χ4n) is 2.29. The van der Waals surface area contributed by atoms with Crippen LogP contribution in [0, 0.1) is 0 Å². The van der Waals surface area contributed by atoms with E-state index < -0.39 is 22.3 Å². The second-order valence-corrected chi connectivity index (χ2v) is 6.36.